The average molecular weight is 364 g/mol. The molecule has 25 heavy (non-hydrogen) atoms. The Balaban J connectivity index is 1.88. The van der Waals surface area contributed by atoms with Gasteiger partial charge in [0.1, 0.15) is 11.5 Å². The number of amides is 1. The summed E-state index contributed by atoms with van der Waals surface area (Å²) < 4.78 is 36.9. The van der Waals surface area contributed by atoms with Crippen LogP contribution in [0.4, 0.5) is 0 Å². The zero-order valence-corrected chi connectivity index (χ0v) is 14.8. The summed E-state index contributed by atoms with van der Waals surface area (Å²) in [6.07, 6.45) is 0. The molecule has 2 aromatic rings. The summed E-state index contributed by atoms with van der Waals surface area (Å²) in [4.78, 5) is 12.2. The summed E-state index contributed by atoms with van der Waals surface area (Å²) in [5, 5.41) is 2.65. The van der Waals surface area contributed by atoms with Gasteiger partial charge in [-0.3, -0.25) is 4.79 Å². The molecule has 0 atom stereocenters. The summed E-state index contributed by atoms with van der Waals surface area (Å²) in [5.74, 6) is 0.697. The number of benzene rings is 2. The third-order valence-corrected chi connectivity index (χ3v) is 4.90. The van der Waals surface area contributed by atoms with Gasteiger partial charge in [-0.15, -0.1) is 0 Å². The molecule has 2 rings (SSSR count). The Labute approximate surface area is 147 Å². The summed E-state index contributed by atoms with van der Waals surface area (Å²) in [6.45, 7) is 0.210. The SMILES string of the molecule is COc1ccc(S(=O)(=O)NCCNC(=O)c2ccccc2OC)cc1. The van der Waals surface area contributed by atoms with E-state index in [1.165, 1.54) is 26.4 Å². The largest absolute Gasteiger partial charge is 0.497 e. The quantitative estimate of drug-likeness (QED) is 0.691. The Hall–Kier alpha value is -2.58. The fraction of sp³-hybridized carbons (Fsp3) is 0.235. The van der Waals surface area contributed by atoms with Crippen molar-refractivity contribution in [3.05, 3.63) is 54.1 Å². The molecule has 134 valence electrons. The fourth-order valence-electron chi connectivity index (χ4n) is 2.13. The zero-order chi connectivity index (χ0) is 18.3. The molecule has 0 heterocycles. The first-order valence-corrected chi connectivity index (χ1v) is 9.01. The molecule has 0 aliphatic heterocycles. The van der Waals surface area contributed by atoms with Gasteiger partial charge >= 0.3 is 0 Å². The third kappa shape index (κ3) is 4.94. The van der Waals surface area contributed by atoms with Crippen molar-refractivity contribution in [1.29, 1.82) is 0 Å². The normalized spacial score (nSPS) is 11.0. The van der Waals surface area contributed by atoms with Gasteiger partial charge in [0.05, 0.1) is 24.7 Å². The molecule has 8 heteroatoms. The molecule has 0 fully saturated rings. The number of ether oxygens (including phenoxy) is 2. The lowest BCUT2D eigenvalue weighted by molar-refractivity contribution is 0.0951. The van der Waals surface area contributed by atoms with Crippen LogP contribution in [0.15, 0.2) is 53.4 Å². The summed E-state index contributed by atoms with van der Waals surface area (Å²) in [5.41, 5.74) is 0.392. The number of hydrogen-bond acceptors (Lipinski definition) is 5. The van der Waals surface area contributed by atoms with Crippen molar-refractivity contribution < 1.29 is 22.7 Å². The smallest absolute Gasteiger partial charge is 0.255 e. The van der Waals surface area contributed by atoms with E-state index in [1.54, 1.807) is 36.4 Å². The highest BCUT2D eigenvalue weighted by Gasteiger charge is 2.14. The van der Waals surface area contributed by atoms with Gasteiger partial charge in [0.25, 0.3) is 5.91 Å². The minimum absolute atomic E-state index is 0.0647. The maximum Gasteiger partial charge on any atom is 0.255 e. The second-order valence-electron chi connectivity index (χ2n) is 5.03. The highest BCUT2D eigenvalue weighted by molar-refractivity contribution is 7.89. The van der Waals surface area contributed by atoms with Gasteiger partial charge in [0.2, 0.25) is 10.0 Å². The maximum absolute atomic E-state index is 12.2. The second-order valence-corrected chi connectivity index (χ2v) is 6.80. The third-order valence-electron chi connectivity index (χ3n) is 3.42. The Morgan fingerprint density at radius 1 is 0.960 bits per heavy atom. The van der Waals surface area contributed by atoms with Crippen LogP contribution in [0, 0.1) is 0 Å². The number of carbonyl (C=O) groups excluding carboxylic acids is 1. The highest BCUT2D eigenvalue weighted by atomic mass is 32.2. The first kappa shape index (κ1) is 18.8. The molecule has 0 spiro atoms. The molecule has 0 unspecified atom stereocenters. The van der Waals surface area contributed by atoms with E-state index in [0.29, 0.717) is 17.1 Å². The van der Waals surface area contributed by atoms with Crippen LogP contribution in [-0.4, -0.2) is 41.6 Å². The van der Waals surface area contributed by atoms with E-state index in [2.05, 4.69) is 10.0 Å². The van der Waals surface area contributed by atoms with Crippen molar-refractivity contribution in [2.24, 2.45) is 0 Å². The molecular weight excluding hydrogens is 344 g/mol. The predicted octanol–water partition coefficient (Wildman–Crippen LogP) is 1.41. The van der Waals surface area contributed by atoms with Gasteiger partial charge in [-0.05, 0) is 36.4 Å². The van der Waals surface area contributed by atoms with Crippen LogP contribution in [0.25, 0.3) is 0 Å². The van der Waals surface area contributed by atoms with Gasteiger partial charge in [-0.25, -0.2) is 13.1 Å². The van der Waals surface area contributed by atoms with Crippen molar-refractivity contribution >= 4 is 15.9 Å². The van der Waals surface area contributed by atoms with Crippen LogP contribution < -0.4 is 19.5 Å². The predicted molar refractivity (Wildman–Crippen MR) is 93.5 cm³/mol. The molecule has 7 nitrogen and oxygen atoms in total. The fourth-order valence-corrected chi connectivity index (χ4v) is 3.16. The minimum atomic E-state index is -3.64. The van der Waals surface area contributed by atoms with Crippen molar-refractivity contribution in [3.8, 4) is 11.5 Å². The molecule has 2 aromatic carbocycles. The van der Waals surface area contributed by atoms with E-state index in [1.807, 2.05) is 0 Å². The van der Waals surface area contributed by atoms with Crippen molar-refractivity contribution in [2.75, 3.05) is 27.3 Å². The monoisotopic (exact) mass is 364 g/mol. The number of hydrogen-bond donors (Lipinski definition) is 2. The second kappa shape index (κ2) is 8.50. The Morgan fingerprint density at radius 3 is 2.28 bits per heavy atom. The van der Waals surface area contributed by atoms with Crippen LogP contribution in [0.5, 0.6) is 11.5 Å². The van der Waals surface area contributed by atoms with E-state index >= 15 is 0 Å². The van der Waals surface area contributed by atoms with E-state index in [9.17, 15) is 13.2 Å². The number of methoxy groups -OCH3 is 2. The molecular formula is C17H20N2O5S. The van der Waals surface area contributed by atoms with E-state index in [-0.39, 0.29) is 23.9 Å². The number of carbonyl (C=O) groups is 1. The number of nitrogens with one attached hydrogen (secondary N) is 2. The minimum Gasteiger partial charge on any atom is -0.497 e. The van der Waals surface area contributed by atoms with E-state index < -0.39 is 10.0 Å². The van der Waals surface area contributed by atoms with Crippen molar-refractivity contribution in [2.45, 2.75) is 4.90 Å². The summed E-state index contributed by atoms with van der Waals surface area (Å²) in [6, 6.07) is 12.8. The Kier molecular flexibility index (Phi) is 6.37. The van der Waals surface area contributed by atoms with Crippen LogP contribution in [0.3, 0.4) is 0 Å². The molecule has 0 saturated heterocycles. The summed E-state index contributed by atoms with van der Waals surface area (Å²) >= 11 is 0. The van der Waals surface area contributed by atoms with Crippen LogP contribution >= 0.6 is 0 Å². The molecule has 1 amide bonds. The van der Waals surface area contributed by atoms with Gasteiger partial charge in [-0.1, -0.05) is 12.1 Å². The first-order chi connectivity index (χ1) is 12.0. The van der Waals surface area contributed by atoms with Crippen LogP contribution in [-0.2, 0) is 10.0 Å². The average Bonchev–Trinajstić information content (AvgIpc) is 2.65. The van der Waals surface area contributed by atoms with Crippen molar-refractivity contribution in [3.63, 3.8) is 0 Å². The number of sulfonamides is 1. The Morgan fingerprint density at radius 2 is 1.64 bits per heavy atom. The van der Waals surface area contributed by atoms with Gasteiger partial charge in [-0.2, -0.15) is 0 Å². The van der Waals surface area contributed by atoms with Gasteiger partial charge in [0, 0.05) is 13.1 Å². The molecule has 0 aromatic heterocycles. The molecule has 0 saturated carbocycles. The van der Waals surface area contributed by atoms with Crippen LogP contribution in [0.1, 0.15) is 10.4 Å². The maximum atomic E-state index is 12.2. The van der Waals surface area contributed by atoms with Crippen molar-refractivity contribution in [1.82, 2.24) is 10.0 Å². The first-order valence-electron chi connectivity index (χ1n) is 7.53. The molecule has 0 bridgehead atoms. The molecule has 0 aliphatic carbocycles. The lowest BCUT2D eigenvalue weighted by Gasteiger charge is -2.10. The molecule has 0 aliphatic rings. The lowest BCUT2D eigenvalue weighted by Crippen LogP contribution is -2.34. The summed E-state index contributed by atoms with van der Waals surface area (Å²) in [7, 11) is -0.655. The standard InChI is InChI=1S/C17H20N2O5S/c1-23-13-7-9-14(10-8-13)25(21,22)19-12-11-18-17(20)15-5-3-4-6-16(15)24-2/h3-10,19H,11-12H2,1-2H3,(H,18,20). The Bertz CT molecular complexity index is 819. The lowest BCUT2D eigenvalue weighted by atomic mass is 10.2. The number of para-hydroxylation sites is 1. The topological polar surface area (TPSA) is 93.7 Å². The van der Waals surface area contributed by atoms with Crippen LogP contribution in [0.2, 0.25) is 0 Å². The molecule has 2 N–H and O–H groups in total. The van der Waals surface area contributed by atoms with E-state index in [4.69, 9.17) is 9.47 Å². The van der Waals surface area contributed by atoms with Gasteiger partial charge in [0.15, 0.2) is 0 Å². The van der Waals surface area contributed by atoms with E-state index in [0.717, 1.165) is 0 Å². The molecule has 0 radical (unpaired) electrons. The van der Waals surface area contributed by atoms with Gasteiger partial charge < -0.3 is 14.8 Å². The zero-order valence-electron chi connectivity index (χ0n) is 14.0. The highest BCUT2D eigenvalue weighted by Crippen LogP contribution is 2.17. The number of rotatable bonds is 8.